The van der Waals surface area contributed by atoms with Crippen LogP contribution in [0, 0.1) is 5.82 Å². The number of benzene rings is 2. The molecular weight excluding hydrogens is 323 g/mol. The number of carbonyl (C=O) groups is 2. The molecule has 0 aliphatic rings. The predicted octanol–water partition coefficient (Wildman–Crippen LogP) is 2.81. The third kappa shape index (κ3) is 5.12. The third-order valence-electron chi connectivity index (χ3n) is 3.79. The van der Waals surface area contributed by atoms with E-state index in [0.717, 1.165) is 0 Å². The SMILES string of the molecule is CCC(=O)Nc1cccc(C(=O)NCC(C)(O)c2ccc(F)cc2)c1. The van der Waals surface area contributed by atoms with Gasteiger partial charge in [-0.25, -0.2) is 4.39 Å². The zero-order valence-corrected chi connectivity index (χ0v) is 14.2. The van der Waals surface area contributed by atoms with Gasteiger partial charge in [0, 0.05) is 17.7 Å². The Morgan fingerprint density at radius 3 is 2.48 bits per heavy atom. The first-order chi connectivity index (χ1) is 11.8. The highest BCUT2D eigenvalue weighted by molar-refractivity contribution is 5.97. The summed E-state index contributed by atoms with van der Waals surface area (Å²) in [6.07, 6.45) is 0.344. The van der Waals surface area contributed by atoms with Gasteiger partial charge in [-0.15, -0.1) is 0 Å². The molecule has 0 heterocycles. The van der Waals surface area contributed by atoms with E-state index in [1.807, 2.05) is 0 Å². The predicted molar refractivity (Wildman–Crippen MR) is 93.7 cm³/mol. The normalized spacial score (nSPS) is 13.0. The molecule has 1 atom stereocenters. The van der Waals surface area contributed by atoms with Gasteiger partial charge in [-0.05, 0) is 42.8 Å². The number of hydrogen-bond acceptors (Lipinski definition) is 3. The molecule has 0 saturated heterocycles. The summed E-state index contributed by atoms with van der Waals surface area (Å²) in [7, 11) is 0. The molecule has 0 spiro atoms. The van der Waals surface area contributed by atoms with Gasteiger partial charge in [-0.3, -0.25) is 9.59 Å². The van der Waals surface area contributed by atoms with Crippen molar-refractivity contribution in [3.8, 4) is 0 Å². The van der Waals surface area contributed by atoms with E-state index in [0.29, 0.717) is 23.2 Å². The van der Waals surface area contributed by atoms with Crippen molar-refractivity contribution in [1.82, 2.24) is 5.32 Å². The molecule has 2 rings (SSSR count). The van der Waals surface area contributed by atoms with E-state index >= 15 is 0 Å². The average Bonchev–Trinajstić information content (AvgIpc) is 2.60. The van der Waals surface area contributed by atoms with Gasteiger partial charge >= 0.3 is 0 Å². The van der Waals surface area contributed by atoms with Gasteiger partial charge < -0.3 is 15.7 Å². The minimum atomic E-state index is -1.34. The van der Waals surface area contributed by atoms with Gasteiger partial charge in [0.2, 0.25) is 5.91 Å². The summed E-state index contributed by atoms with van der Waals surface area (Å²) in [6, 6.07) is 12.0. The Hall–Kier alpha value is -2.73. The number of anilines is 1. The summed E-state index contributed by atoms with van der Waals surface area (Å²) in [5.41, 5.74) is 0.0592. The lowest BCUT2D eigenvalue weighted by Gasteiger charge is -2.24. The maximum atomic E-state index is 13.0. The Labute approximate surface area is 145 Å². The van der Waals surface area contributed by atoms with Crippen LogP contribution in [0.5, 0.6) is 0 Å². The second-order valence-corrected chi connectivity index (χ2v) is 5.95. The van der Waals surface area contributed by atoms with Crippen LogP contribution in [0.15, 0.2) is 48.5 Å². The summed E-state index contributed by atoms with van der Waals surface area (Å²) in [5, 5.41) is 15.8. The average molecular weight is 344 g/mol. The van der Waals surface area contributed by atoms with Crippen LogP contribution in [0.3, 0.4) is 0 Å². The lowest BCUT2D eigenvalue weighted by molar-refractivity contribution is -0.115. The molecular formula is C19H21FN2O3. The smallest absolute Gasteiger partial charge is 0.251 e. The molecule has 2 aromatic rings. The first-order valence-electron chi connectivity index (χ1n) is 7.98. The van der Waals surface area contributed by atoms with Crippen molar-refractivity contribution in [3.63, 3.8) is 0 Å². The summed E-state index contributed by atoms with van der Waals surface area (Å²) in [6.45, 7) is 3.24. The summed E-state index contributed by atoms with van der Waals surface area (Å²) in [5.74, 6) is -0.915. The lowest BCUT2D eigenvalue weighted by atomic mass is 9.96. The maximum Gasteiger partial charge on any atom is 0.251 e. The van der Waals surface area contributed by atoms with Gasteiger partial charge in [0.1, 0.15) is 11.4 Å². The molecule has 0 bridgehead atoms. The van der Waals surface area contributed by atoms with E-state index in [-0.39, 0.29) is 18.4 Å². The van der Waals surface area contributed by atoms with Gasteiger partial charge in [0.15, 0.2) is 0 Å². The molecule has 0 radical (unpaired) electrons. The molecule has 3 N–H and O–H groups in total. The summed E-state index contributed by atoms with van der Waals surface area (Å²) in [4.78, 5) is 23.7. The standard InChI is InChI=1S/C19H21FN2O3/c1-3-17(23)22-16-6-4-5-13(11-16)18(24)21-12-19(2,25)14-7-9-15(20)10-8-14/h4-11,25H,3,12H2,1-2H3,(H,21,24)(H,22,23). The third-order valence-corrected chi connectivity index (χ3v) is 3.79. The molecule has 5 nitrogen and oxygen atoms in total. The number of nitrogens with one attached hydrogen (secondary N) is 2. The number of halogens is 1. The first-order valence-corrected chi connectivity index (χ1v) is 7.98. The van der Waals surface area contributed by atoms with Crippen LogP contribution in [0.4, 0.5) is 10.1 Å². The fraction of sp³-hybridized carbons (Fsp3) is 0.263. The number of rotatable bonds is 6. The van der Waals surface area contributed by atoms with E-state index in [2.05, 4.69) is 10.6 Å². The van der Waals surface area contributed by atoms with E-state index in [1.165, 1.54) is 24.3 Å². The second kappa shape index (κ2) is 7.90. The summed E-state index contributed by atoms with van der Waals surface area (Å²) < 4.78 is 13.0. The molecule has 0 saturated carbocycles. The number of hydrogen-bond donors (Lipinski definition) is 3. The Morgan fingerprint density at radius 2 is 1.84 bits per heavy atom. The Kier molecular flexibility index (Phi) is 5.88. The van der Waals surface area contributed by atoms with E-state index in [1.54, 1.807) is 38.1 Å². The first kappa shape index (κ1) is 18.6. The number of carbonyl (C=O) groups excluding carboxylic acids is 2. The molecule has 25 heavy (non-hydrogen) atoms. The minimum Gasteiger partial charge on any atom is -0.384 e. The van der Waals surface area contributed by atoms with Gasteiger partial charge in [0.05, 0.1) is 6.54 Å². The zero-order chi connectivity index (χ0) is 18.4. The lowest BCUT2D eigenvalue weighted by Crippen LogP contribution is -2.38. The van der Waals surface area contributed by atoms with E-state index in [4.69, 9.17) is 0 Å². The molecule has 6 heteroatoms. The van der Waals surface area contributed by atoms with Crippen LogP contribution in [-0.4, -0.2) is 23.5 Å². The van der Waals surface area contributed by atoms with Crippen molar-refractivity contribution in [3.05, 3.63) is 65.5 Å². The molecule has 2 amide bonds. The van der Waals surface area contributed by atoms with Crippen LogP contribution in [0.2, 0.25) is 0 Å². The minimum absolute atomic E-state index is 0.0387. The Bertz CT molecular complexity index is 758. The van der Waals surface area contributed by atoms with Crippen LogP contribution in [0.25, 0.3) is 0 Å². The topological polar surface area (TPSA) is 78.4 Å². The fourth-order valence-corrected chi connectivity index (χ4v) is 2.25. The van der Waals surface area contributed by atoms with Crippen LogP contribution < -0.4 is 10.6 Å². The molecule has 0 aliphatic carbocycles. The van der Waals surface area contributed by atoms with Crippen molar-refractivity contribution in [2.75, 3.05) is 11.9 Å². The van der Waals surface area contributed by atoms with Crippen molar-refractivity contribution in [2.45, 2.75) is 25.9 Å². The van der Waals surface area contributed by atoms with Crippen LogP contribution in [-0.2, 0) is 10.4 Å². The van der Waals surface area contributed by atoms with Crippen molar-refractivity contribution in [1.29, 1.82) is 0 Å². The summed E-state index contributed by atoms with van der Waals surface area (Å²) >= 11 is 0. The highest BCUT2D eigenvalue weighted by atomic mass is 19.1. The number of amides is 2. The van der Waals surface area contributed by atoms with Gasteiger partial charge in [-0.1, -0.05) is 25.1 Å². The highest BCUT2D eigenvalue weighted by Crippen LogP contribution is 2.20. The molecule has 2 aromatic carbocycles. The fourth-order valence-electron chi connectivity index (χ4n) is 2.25. The van der Waals surface area contributed by atoms with Gasteiger partial charge in [0.25, 0.3) is 5.91 Å². The van der Waals surface area contributed by atoms with E-state index < -0.39 is 11.4 Å². The highest BCUT2D eigenvalue weighted by Gasteiger charge is 2.24. The second-order valence-electron chi connectivity index (χ2n) is 5.95. The molecule has 132 valence electrons. The van der Waals surface area contributed by atoms with Crippen LogP contribution >= 0.6 is 0 Å². The molecule has 1 unspecified atom stereocenters. The van der Waals surface area contributed by atoms with Crippen molar-refractivity contribution >= 4 is 17.5 Å². The molecule has 0 fully saturated rings. The van der Waals surface area contributed by atoms with Crippen molar-refractivity contribution in [2.24, 2.45) is 0 Å². The molecule has 0 aliphatic heterocycles. The maximum absolute atomic E-state index is 13.0. The van der Waals surface area contributed by atoms with Crippen molar-refractivity contribution < 1.29 is 19.1 Å². The van der Waals surface area contributed by atoms with E-state index in [9.17, 15) is 19.1 Å². The quantitative estimate of drug-likeness (QED) is 0.754. The van der Waals surface area contributed by atoms with Gasteiger partial charge in [-0.2, -0.15) is 0 Å². The zero-order valence-electron chi connectivity index (χ0n) is 14.2. The monoisotopic (exact) mass is 344 g/mol. The Morgan fingerprint density at radius 1 is 1.16 bits per heavy atom. The number of aliphatic hydroxyl groups is 1. The largest absolute Gasteiger partial charge is 0.384 e. The molecule has 0 aromatic heterocycles. The van der Waals surface area contributed by atoms with Crippen LogP contribution in [0.1, 0.15) is 36.2 Å². The Balaban J connectivity index is 2.03.